The average Bonchev–Trinajstić information content (AvgIpc) is 2.54. The van der Waals surface area contributed by atoms with Crippen molar-refractivity contribution in [1.82, 2.24) is 10.2 Å². The lowest BCUT2D eigenvalue weighted by Crippen LogP contribution is -2.49. The largest absolute Gasteiger partial charge is 0.378 e. The van der Waals surface area contributed by atoms with Gasteiger partial charge in [-0.2, -0.15) is 0 Å². The monoisotopic (exact) mass is 341 g/mol. The lowest BCUT2D eigenvalue weighted by atomic mass is 10.1. The van der Waals surface area contributed by atoms with E-state index in [1.807, 2.05) is 11.8 Å². The van der Waals surface area contributed by atoms with Crippen LogP contribution in [0.1, 0.15) is 12.5 Å². The maximum absolute atomic E-state index is 12.2. The maximum Gasteiger partial charge on any atom is 0.239 e. The van der Waals surface area contributed by atoms with Crippen molar-refractivity contribution in [1.29, 1.82) is 0 Å². The number of sulfonamides is 1. The van der Waals surface area contributed by atoms with Crippen LogP contribution in [0.3, 0.4) is 0 Å². The van der Waals surface area contributed by atoms with Crippen LogP contribution in [0.2, 0.25) is 0 Å². The fourth-order valence-electron chi connectivity index (χ4n) is 2.42. The van der Waals surface area contributed by atoms with Crippen LogP contribution in [0.4, 0.5) is 0 Å². The van der Waals surface area contributed by atoms with E-state index in [1.54, 1.807) is 12.1 Å². The first-order valence-electron chi connectivity index (χ1n) is 7.59. The second kappa shape index (κ2) is 7.87. The highest BCUT2D eigenvalue weighted by atomic mass is 32.2. The standard InChI is InChI=1S/C15H23N3O4S/c1-12(15(19)18-8-10-22-11-9-18)17-7-6-13-2-4-14(5-3-13)23(16,20)21/h2-5,12,17H,6-11H2,1H3,(H2,16,20,21)/t12-/m1/s1. The minimum Gasteiger partial charge on any atom is -0.378 e. The third-order valence-electron chi connectivity index (χ3n) is 3.81. The number of primary sulfonamides is 1. The van der Waals surface area contributed by atoms with Gasteiger partial charge in [-0.1, -0.05) is 12.1 Å². The Labute approximate surface area is 136 Å². The first kappa shape index (κ1) is 17.9. The zero-order valence-electron chi connectivity index (χ0n) is 13.2. The number of nitrogens with zero attached hydrogens (tertiary/aromatic N) is 1. The Morgan fingerprint density at radius 2 is 1.91 bits per heavy atom. The van der Waals surface area contributed by atoms with Crippen LogP contribution in [-0.2, 0) is 26.0 Å². The Morgan fingerprint density at radius 1 is 1.30 bits per heavy atom. The second-order valence-electron chi connectivity index (χ2n) is 5.55. The summed E-state index contributed by atoms with van der Waals surface area (Å²) >= 11 is 0. The number of amides is 1. The smallest absolute Gasteiger partial charge is 0.239 e. The number of benzene rings is 1. The Hall–Kier alpha value is -1.48. The summed E-state index contributed by atoms with van der Waals surface area (Å²) in [6.07, 6.45) is 0.700. The molecule has 1 atom stereocenters. The molecule has 1 aromatic carbocycles. The van der Waals surface area contributed by atoms with Crippen LogP contribution in [0.5, 0.6) is 0 Å². The van der Waals surface area contributed by atoms with Crippen LogP contribution >= 0.6 is 0 Å². The number of hydrogen-bond acceptors (Lipinski definition) is 5. The van der Waals surface area contributed by atoms with Crippen molar-refractivity contribution in [2.75, 3.05) is 32.8 Å². The minimum atomic E-state index is -3.65. The molecule has 1 aromatic rings. The van der Waals surface area contributed by atoms with Gasteiger partial charge in [-0.3, -0.25) is 4.79 Å². The van der Waals surface area contributed by atoms with Gasteiger partial charge in [0.05, 0.1) is 24.2 Å². The summed E-state index contributed by atoms with van der Waals surface area (Å²) in [5.74, 6) is 0.0814. The SMILES string of the molecule is C[C@@H](NCCc1ccc(S(N)(=O)=O)cc1)C(=O)N1CCOCC1. The second-order valence-corrected chi connectivity index (χ2v) is 7.11. The van der Waals surface area contributed by atoms with E-state index in [2.05, 4.69) is 5.32 Å². The molecule has 3 N–H and O–H groups in total. The number of rotatable bonds is 6. The summed E-state index contributed by atoms with van der Waals surface area (Å²) in [7, 11) is -3.65. The quantitative estimate of drug-likeness (QED) is 0.740. The molecule has 1 aliphatic rings. The maximum atomic E-state index is 12.2. The van der Waals surface area contributed by atoms with E-state index in [9.17, 15) is 13.2 Å². The van der Waals surface area contributed by atoms with Crippen LogP contribution < -0.4 is 10.5 Å². The van der Waals surface area contributed by atoms with Crippen molar-refractivity contribution in [3.05, 3.63) is 29.8 Å². The van der Waals surface area contributed by atoms with Gasteiger partial charge < -0.3 is 15.0 Å². The van der Waals surface area contributed by atoms with Crippen molar-refractivity contribution >= 4 is 15.9 Å². The molecule has 1 saturated heterocycles. The molecule has 1 amide bonds. The average molecular weight is 341 g/mol. The van der Waals surface area contributed by atoms with E-state index in [0.717, 1.165) is 5.56 Å². The normalized spacial score (nSPS) is 17.0. The molecule has 0 spiro atoms. The molecule has 0 saturated carbocycles. The summed E-state index contributed by atoms with van der Waals surface area (Å²) in [6, 6.07) is 6.20. The molecule has 23 heavy (non-hydrogen) atoms. The topological polar surface area (TPSA) is 102 Å². The lowest BCUT2D eigenvalue weighted by molar-refractivity contribution is -0.137. The van der Waals surface area contributed by atoms with Gasteiger partial charge >= 0.3 is 0 Å². The number of carbonyl (C=O) groups is 1. The minimum absolute atomic E-state index is 0.0814. The molecule has 128 valence electrons. The fourth-order valence-corrected chi connectivity index (χ4v) is 2.94. The van der Waals surface area contributed by atoms with Crippen molar-refractivity contribution in [3.8, 4) is 0 Å². The zero-order chi connectivity index (χ0) is 16.9. The van der Waals surface area contributed by atoms with Crippen LogP contribution in [-0.4, -0.2) is 58.1 Å². The van der Waals surface area contributed by atoms with Gasteiger partial charge in [0.25, 0.3) is 0 Å². The molecule has 0 aromatic heterocycles. The van der Waals surface area contributed by atoms with Gasteiger partial charge in [0.1, 0.15) is 0 Å². The summed E-state index contributed by atoms with van der Waals surface area (Å²) in [4.78, 5) is 14.1. The number of ether oxygens (including phenoxy) is 1. The van der Waals surface area contributed by atoms with Gasteiger partial charge in [0.15, 0.2) is 0 Å². The van der Waals surface area contributed by atoms with Crippen LogP contribution in [0.15, 0.2) is 29.2 Å². The van der Waals surface area contributed by atoms with E-state index >= 15 is 0 Å². The Balaban J connectivity index is 1.78. The molecule has 0 aliphatic carbocycles. The molecule has 8 heteroatoms. The van der Waals surface area contributed by atoms with Crippen molar-refractivity contribution < 1.29 is 17.9 Å². The lowest BCUT2D eigenvalue weighted by Gasteiger charge is -2.29. The molecule has 2 rings (SSSR count). The highest BCUT2D eigenvalue weighted by Gasteiger charge is 2.21. The number of morpholine rings is 1. The van der Waals surface area contributed by atoms with Crippen LogP contribution in [0.25, 0.3) is 0 Å². The highest BCUT2D eigenvalue weighted by molar-refractivity contribution is 7.89. The van der Waals surface area contributed by atoms with E-state index in [0.29, 0.717) is 39.3 Å². The third kappa shape index (κ3) is 5.28. The predicted octanol–water partition coefficient (Wildman–Crippen LogP) is -0.287. The van der Waals surface area contributed by atoms with E-state index < -0.39 is 10.0 Å². The number of nitrogens with one attached hydrogen (secondary N) is 1. The molecular formula is C15H23N3O4S. The predicted molar refractivity (Wildman–Crippen MR) is 86.4 cm³/mol. The Morgan fingerprint density at radius 3 is 2.48 bits per heavy atom. The van der Waals surface area contributed by atoms with Crippen molar-refractivity contribution in [2.24, 2.45) is 5.14 Å². The first-order chi connectivity index (χ1) is 10.9. The van der Waals surface area contributed by atoms with Crippen molar-refractivity contribution in [2.45, 2.75) is 24.3 Å². The Bertz CT molecular complexity index is 625. The van der Waals surface area contributed by atoms with Gasteiger partial charge in [-0.15, -0.1) is 0 Å². The third-order valence-corrected chi connectivity index (χ3v) is 4.74. The van der Waals surface area contributed by atoms with Gasteiger partial charge in [0.2, 0.25) is 15.9 Å². The van der Waals surface area contributed by atoms with Crippen LogP contribution in [0, 0.1) is 0 Å². The molecule has 1 heterocycles. The molecule has 1 fully saturated rings. The van der Waals surface area contributed by atoms with Gasteiger partial charge in [-0.25, -0.2) is 13.6 Å². The molecular weight excluding hydrogens is 318 g/mol. The summed E-state index contributed by atoms with van der Waals surface area (Å²) in [5, 5.41) is 8.26. The fraction of sp³-hybridized carbons (Fsp3) is 0.533. The molecule has 0 radical (unpaired) electrons. The summed E-state index contributed by atoms with van der Waals surface area (Å²) in [5.41, 5.74) is 0.982. The highest BCUT2D eigenvalue weighted by Crippen LogP contribution is 2.09. The summed E-state index contributed by atoms with van der Waals surface area (Å²) in [6.45, 7) is 4.94. The Kier molecular flexibility index (Phi) is 6.11. The molecule has 0 bridgehead atoms. The molecule has 0 unspecified atom stereocenters. The first-order valence-corrected chi connectivity index (χ1v) is 9.14. The number of carbonyl (C=O) groups excluding carboxylic acids is 1. The van der Waals surface area contributed by atoms with E-state index in [4.69, 9.17) is 9.88 Å². The summed E-state index contributed by atoms with van der Waals surface area (Å²) < 4.78 is 27.6. The van der Waals surface area contributed by atoms with Gasteiger partial charge in [-0.05, 0) is 37.6 Å². The van der Waals surface area contributed by atoms with Gasteiger partial charge in [0, 0.05) is 13.1 Å². The zero-order valence-corrected chi connectivity index (χ0v) is 14.0. The van der Waals surface area contributed by atoms with E-state index in [-0.39, 0.29) is 16.8 Å². The molecule has 7 nitrogen and oxygen atoms in total. The van der Waals surface area contributed by atoms with Crippen molar-refractivity contribution in [3.63, 3.8) is 0 Å². The van der Waals surface area contributed by atoms with E-state index in [1.165, 1.54) is 12.1 Å². The number of hydrogen-bond donors (Lipinski definition) is 2. The molecule has 1 aliphatic heterocycles. The number of nitrogens with two attached hydrogens (primary N) is 1.